The number of hydrogen-bond donors (Lipinski definition) is 1. The SMILES string of the molecule is CCCCCCC(C)N(C)CCOC(=O)c1ccc(N)cc1.Cl. The molecule has 0 aliphatic heterocycles. The van der Waals surface area contributed by atoms with Gasteiger partial charge in [0, 0.05) is 18.3 Å². The highest BCUT2D eigenvalue weighted by Gasteiger charge is 2.11. The number of anilines is 1. The molecule has 0 spiro atoms. The number of nitrogens with two attached hydrogens (primary N) is 1. The lowest BCUT2D eigenvalue weighted by Crippen LogP contribution is -2.32. The number of benzene rings is 1. The van der Waals surface area contributed by atoms with Gasteiger partial charge in [-0.3, -0.25) is 0 Å². The fraction of sp³-hybridized carbons (Fsp3) is 0.611. The van der Waals surface area contributed by atoms with Gasteiger partial charge in [0.25, 0.3) is 0 Å². The van der Waals surface area contributed by atoms with Crippen molar-refractivity contribution >= 4 is 24.1 Å². The Morgan fingerprint density at radius 3 is 2.48 bits per heavy atom. The Labute approximate surface area is 146 Å². The third-order valence-electron chi connectivity index (χ3n) is 4.05. The van der Waals surface area contributed by atoms with Crippen LogP contribution in [0.3, 0.4) is 0 Å². The maximum Gasteiger partial charge on any atom is 0.338 e. The Bertz CT molecular complexity index is 437. The lowest BCUT2D eigenvalue weighted by Gasteiger charge is -2.24. The monoisotopic (exact) mass is 342 g/mol. The smallest absolute Gasteiger partial charge is 0.338 e. The van der Waals surface area contributed by atoms with Crippen LogP contribution < -0.4 is 5.73 Å². The van der Waals surface area contributed by atoms with Gasteiger partial charge in [0.15, 0.2) is 0 Å². The van der Waals surface area contributed by atoms with E-state index in [0.29, 0.717) is 23.9 Å². The number of nitrogens with zero attached hydrogens (tertiary/aromatic N) is 1. The highest BCUT2D eigenvalue weighted by molar-refractivity contribution is 5.89. The fourth-order valence-electron chi connectivity index (χ4n) is 2.29. The van der Waals surface area contributed by atoms with Crippen LogP contribution in [0.1, 0.15) is 56.3 Å². The minimum absolute atomic E-state index is 0. The molecule has 132 valence electrons. The molecule has 0 aromatic heterocycles. The number of carbonyl (C=O) groups excluding carboxylic acids is 1. The lowest BCUT2D eigenvalue weighted by molar-refractivity contribution is 0.0455. The Hall–Kier alpha value is -1.26. The maximum atomic E-state index is 11.9. The quantitative estimate of drug-likeness (QED) is 0.394. The van der Waals surface area contributed by atoms with Gasteiger partial charge in [-0.1, -0.05) is 32.6 Å². The molecule has 2 N–H and O–H groups in total. The lowest BCUT2D eigenvalue weighted by atomic mass is 10.1. The van der Waals surface area contributed by atoms with Crippen molar-refractivity contribution < 1.29 is 9.53 Å². The first-order chi connectivity index (χ1) is 10.5. The molecule has 4 nitrogen and oxygen atoms in total. The zero-order valence-electron chi connectivity index (χ0n) is 14.6. The van der Waals surface area contributed by atoms with Crippen LogP contribution in [0.4, 0.5) is 5.69 Å². The van der Waals surface area contributed by atoms with Crippen molar-refractivity contribution in [3.63, 3.8) is 0 Å². The summed E-state index contributed by atoms with van der Waals surface area (Å²) in [4.78, 5) is 14.1. The molecule has 0 fully saturated rings. The summed E-state index contributed by atoms with van der Waals surface area (Å²) in [5.74, 6) is -0.288. The number of esters is 1. The van der Waals surface area contributed by atoms with E-state index in [9.17, 15) is 4.79 Å². The van der Waals surface area contributed by atoms with Gasteiger partial charge in [0.1, 0.15) is 6.61 Å². The molecule has 0 aliphatic carbocycles. The number of rotatable bonds is 10. The van der Waals surface area contributed by atoms with Crippen LogP contribution in [0.25, 0.3) is 0 Å². The van der Waals surface area contributed by atoms with E-state index in [0.717, 1.165) is 6.54 Å². The van der Waals surface area contributed by atoms with Crippen molar-refractivity contribution in [3.8, 4) is 0 Å². The predicted octanol–water partition coefficient (Wildman–Crippen LogP) is 4.14. The normalized spacial score (nSPS) is 11.8. The Balaban J connectivity index is 0.00000484. The number of hydrogen-bond acceptors (Lipinski definition) is 4. The van der Waals surface area contributed by atoms with Crippen LogP contribution in [-0.2, 0) is 4.74 Å². The van der Waals surface area contributed by atoms with E-state index in [1.165, 1.54) is 32.1 Å². The van der Waals surface area contributed by atoms with E-state index >= 15 is 0 Å². The molecular weight excluding hydrogens is 312 g/mol. The predicted molar refractivity (Wildman–Crippen MR) is 99.2 cm³/mol. The summed E-state index contributed by atoms with van der Waals surface area (Å²) in [6.45, 7) is 5.63. The van der Waals surface area contributed by atoms with Gasteiger partial charge in [-0.05, 0) is 44.7 Å². The van der Waals surface area contributed by atoms with Gasteiger partial charge in [-0.2, -0.15) is 0 Å². The summed E-state index contributed by atoms with van der Waals surface area (Å²) >= 11 is 0. The zero-order valence-corrected chi connectivity index (χ0v) is 15.4. The average molecular weight is 343 g/mol. The summed E-state index contributed by atoms with van der Waals surface area (Å²) < 4.78 is 5.31. The van der Waals surface area contributed by atoms with E-state index in [-0.39, 0.29) is 18.4 Å². The van der Waals surface area contributed by atoms with Crippen molar-refractivity contribution in [2.45, 2.75) is 52.0 Å². The first-order valence-electron chi connectivity index (χ1n) is 8.27. The van der Waals surface area contributed by atoms with Crippen LogP contribution in [0.2, 0.25) is 0 Å². The third kappa shape index (κ3) is 8.82. The van der Waals surface area contributed by atoms with E-state index in [4.69, 9.17) is 10.5 Å². The Kier molecular flexibility index (Phi) is 11.5. The minimum atomic E-state index is -0.288. The molecule has 1 aromatic rings. The minimum Gasteiger partial charge on any atom is -0.461 e. The molecule has 23 heavy (non-hydrogen) atoms. The first kappa shape index (κ1) is 21.7. The molecule has 5 heteroatoms. The van der Waals surface area contributed by atoms with Crippen molar-refractivity contribution in [1.82, 2.24) is 4.90 Å². The maximum absolute atomic E-state index is 11.9. The Morgan fingerprint density at radius 2 is 1.87 bits per heavy atom. The number of unbranched alkanes of at least 4 members (excludes halogenated alkanes) is 3. The van der Waals surface area contributed by atoms with Crippen molar-refractivity contribution in [3.05, 3.63) is 29.8 Å². The average Bonchev–Trinajstić information content (AvgIpc) is 2.51. The highest BCUT2D eigenvalue weighted by Crippen LogP contribution is 2.10. The van der Waals surface area contributed by atoms with E-state index < -0.39 is 0 Å². The molecule has 0 aliphatic rings. The third-order valence-corrected chi connectivity index (χ3v) is 4.05. The van der Waals surface area contributed by atoms with Crippen LogP contribution in [0.5, 0.6) is 0 Å². The van der Waals surface area contributed by atoms with Gasteiger partial charge in [-0.25, -0.2) is 4.79 Å². The number of ether oxygens (including phenoxy) is 1. The van der Waals surface area contributed by atoms with Crippen molar-refractivity contribution in [2.75, 3.05) is 25.9 Å². The number of carbonyl (C=O) groups is 1. The molecular formula is C18H31ClN2O2. The fourth-order valence-corrected chi connectivity index (χ4v) is 2.29. The molecule has 1 atom stereocenters. The first-order valence-corrected chi connectivity index (χ1v) is 8.27. The van der Waals surface area contributed by atoms with Gasteiger partial charge >= 0.3 is 5.97 Å². The second-order valence-corrected chi connectivity index (χ2v) is 5.94. The molecule has 0 amide bonds. The molecule has 0 bridgehead atoms. The molecule has 0 saturated heterocycles. The summed E-state index contributed by atoms with van der Waals surface area (Å²) in [6.07, 6.45) is 6.36. The van der Waals surface area contributed by atoms with Crippen LogP contribution in [0.15, 0.2) is 24.3 Å². The second kappa shape index (κ2) is 12.2. The second-order valence-electron chi connectivity index (χ2n) is 5.94. The summed E-state index contributed by atoms with van der Waals surface area (Å²) in [5.41, 5.74) is 6.79. The van der Waals surface area contributed by atoms with Gasteiger partial charge in [0.2, 0.25) is 0 Å². The highest BCUT2D eigenvalue weighted by atomic mass is 35.5. The zero-order chi connectivity index (χ0) is 16.4. The molecule has 0 heterocycles. The van der Waals surface area contributed by atoms with Crippen molar-refractivity contribution in [2.24, 2.45) is 0 Å². The Morgan fingerprint density at radius 1 is 1.22 bits per heavy atom. The van der Waals surface area contributed by atoms with E-state index in [2.05, 4.69) is 25.8 Å². The van der Waals surface area contributed by atoms with E-state index in [1.807, 2.05) is 0 Å². The largest absolute Gasteiger partial charge is 0.461 e. The number of likely N-dealkylation sites (N-methyl/N-ethyl adjacent to an activating group) is 1. The summed E-state index contributed by atoms with van der Waals surface area (Å²) in [5, 5.41) is 0. The van der Waals surface area contributed by atoms with Crippen LogP contribution in [-0.4, -0.2) is 37.1 Å². The number of halogens is 1. The molecule has 1 rings (SSSR count). The molecule has 1 aromatic carbocycles. The summed E-state index contributed by atoms with van der Waals surface area (Å²) in [6, 6.07) is 7.32. The summed E-state index contributed by atoms with van der Waals surface area (Å²) in [7, 11) is 2.08. The molecule has 1 unspecified atom stereocenters. The van der Waals surface area contributed by atoms with E-state index in [1.54, 1.807) is 24.3 Å². The topological polar surface area (TPSA) is 55.6 Å². The molecule has 0 saturated carbocycles. The molecule has 0 radical (unpaired) electrons. The van der Waals surface area contributed by atoms with Crippen LogP contribution in [0, 0.1) is 0 Å². The standard InChI is InChI=1S/C18H30N2O2.ClH/c1-4-5-6-7-8-15(2)20(3)13-14-22-18(21)16-9-11-17(19)12-10-16;/h9-12,15H,4-8,13-14,19H2,1-3H3;1H. The van der Waals surface area contributed by atoms with Crippen LogP contribution >= 0.6 is 12.4 Å². The van der Waals surface area contributed by atoms with Gasteiger partial charge in [-0.15, -0.1) is 12.4 Å². The van der Waals surface area contributed by atoms with Crippen molar-refractivity contribution in [1.29, 1.82) is 0 Å². The van der Waals surface area contributed by atoms with Gasteiger partial charge in [0.05, 0.1) is 5.56 Å². The van der Waals surface area contributed by atoms with Gasteiger partial charge < -0.3 is 15.4 Å². The number of nitrogen functional groups attached to an aromatic ring is 1.